The van der Waals surface area contributed by atoms with E-state index < -0.39 is 11.7 Å². The summed E-state index contributed by atoms with van der Waals surface area (Å²) >= 11 is 0. The highest BCUT2D eigenvalue weighted by atomic mass is 16.6. The molecule has 1 heterocycles. The minimum absolute atomic E-state index is 0.00417. The highest BCUT2D eigenvalue weighted by Gasteiger charge is 2.36. The Morgan fingerprint density at radius 1 is 1.24 bits per heavy atom. The Morgan fingerprint density at radius 2 is 1.95 bits per heavy atom. The summed E-state index contributed by atoms with van der Waals surface area (Å²) < 4.78 is 10.9. The molecule has 1 aliphatic heterocycles. The lowest BCUT2D eigenvalue weighted by atomic mass is 10.0. The van der Waals surface area contributed by atoms with Crippen LogP contribution < -0.4 is 0 Å². The molecule has 21 heavy (non-hydrogen) atoms. The van der Waals surface area contributed by atoms with E-state index in [0.717, 1.165) is 19.3 Å². The van der Waals surface area contributed by atoms with E-state index in [-0.39, 0.29) is 11.9 Å². The predicted molar refractivity (Wildman–Crippen MR) is 84.8 cm³/mol. The van der Waals surface area contributed by atoms with Crippen LogP contribution in [0.4, 0.5) is 0 Å². The molecule has 120 valence electrons. The van der Waals surface area contributed by atoms with Crippen molar-refractivity contribution in [1.82, 2.24) is 0 Å². The van der Waals surface area contributed by atoms with E-state index in [1.807, 2.05) is 20.8 Å². The minimum atomic E-state index is -0.503. The summed E-state index contributed by atoms with van der Waals surface area (Å²) in [6.07, 6.45) is 7.51. The highest BCUT2D eigenvalue weighted by Crippen LogP contribution is 2.23. The van der Waals surface area contributed by atoms with Crippen molar-refractivity contribution in [2.45, 2.75) is 84.3 Å². The van der Waals surface area contributed by atoms with Crippen LogP contribution in [0.15, 0.2) is 0 Å². The molecule has 0 radical (unpaired) electrons. The first-order chi connectivity index (χ1) is 9.94. The molecule has 1 aliphatic rings. The number of carbonyl (C=O) groups excluding carboxylic acids is 1. The van der Waals surface area contributed by atoms with Gasteiger partial charge >= 0.3 is 5.97 Å². The van der Waals surface area contributed by atoms with Crippen LogP contribution in [-0.2, 0) is 14.3 Å². The zero-order chi connectivity index (χ0) is 15.7. The third-order valence-electron chi connectivity index (χ3n) is 3.42. The molecule has 0 aromatic heterocycles. The molecule has 0 aliphatic carbocycles. The molecule has 0 aromatic carbocycles. The van der Waals surface area contributed by atoms with Gasteiger partial charge in [-0.2, -0.15) is 0 Å². The fourth-order valence-electron chi connectivity index (χ4n) is 2.35. The summed E-state index contributed by atoms with van der Waals surface area (Å²) in [7, 11) is 0. The van der Waals surface area contributed by atoms with Gasteiger partial charge in [0.2, 0.25) is 0 Å². The normalized spacial score (nSPS) is 21.7. The van der Waals surface area contributed by atoms with Crippen LogP contribution in [0.2, 0.25) is 0 Å². The van der Waals surface area contributed by atoms with Gasteiger partial charge in [-0.25, -0.2) is 4.79 Å². The summed E-state index contributed by atoms with van der Waals surface area (Å²) in [5.74, 6) is 6.15. The second-order valence-electron chi connectivity index (χ2n) is 6.71. The van der Waals surface area contributed by atoms with Crippen molar-refractivity contribution in [3.63, 3.8) is 0 Å². The van der Waals surface area contributed by atoms with E-state index in [2.05, 4.69) is 18.8 Å². The zero-order valence-electron chi connectivity index (χ0n) is 14.0. The number of esters is 1. The predicted octanol–water partition coefficient (Wildman–Crippen LogP) is 4.10. The van der Waals surface area contributed by atoms with Gasteiger partial charge in [-0.05, 0) is 33.6 Å². The summed E-state index contributed by atoms with van der Waals surface area (Å²) in [5, 5.41) is 0. The number of rotatable bonds is 6. The topological polar surface area (TPSA) is 35.5 Å². The Kier molecular flexibility index (Phi) is 7.82. The lowest BCUT2D eigenvalue weighted by molar-refractivity contribution is -0.166. The second-order valence-corrected chi connectivity index (χ2v) is 6.71. The van der Waals surface area contributed by atoms with E-state index in [0.29, 0.717) is 6.61 Å². The number of ether oxygens (including phenoxy) is 2. The molecule has 1 fully saturated rings. The van der Waals surface area contributed by atoms with Gasteiger partial charge in [-0.3, -0.25) is 0 Å². The summed E-state index contributed by atoms with van der Waals surface area (Å²) in [5.41, 5.74) is -0.472. The monoisotopic (exact) mass is 294 g/mol. The van der Waals surface area contributed by atoms with Crippen LogP contribution >= 0.6 is 0 Å². The molecular formula is C18H30O3. The van der Waals surface area contributed by atoms with Crippen LogP contribution in [0, 0.1) is 17.8 Å². The molecule has 0 bridgehead atoms. The molecule has 3 heteroatoms. The van der Waals surface area contributed by atoms with Crippen LogP contribution in [-0.4, -0.2) is 24.3 Å². The third kappa shape index (κ3) is 7.52. The Bertz CT molecular complexity index is 370. The standard InChI is InChI=1S/C18H30O3/c1-5-6-7-8-9-10-11-12-15-13-14-20-16(15)17(19)21-18(2,3)4/h15-16H,5-10,13-14H2,1-4H3/t15-,16+/m0/s1. The maximum absolute atomic E-state index is 12.1. The molecular weight excluding hydrogens is 264 g/mol. The molecule has 0 amide bonds. The van der Waals surface area contributed by atoms with Crippen LogP contribution in [0.3, 0.4) is 0 Å². The summed E-state index contributed by atoms with van der Waals surface area (Å²) in [6.45, 7) is 8.43. The largest absolute Gasteiger partial charge is 0.458 e. The van der Waals surface area contributed by atoms with Gasteiger partial charge in [-0.15, -0.1) is 5.92 Å². The van der Waals surface area contributed by atoms with E-state index in [4.69, 9.17) is 9.47 Å². The highest BCUT2D eigenvalue weighted by molar-refractivity contribution is 5.76. The van der Waals surface area contributed by atoms with Crippen molar-refractivity contribution in [3.05, 3.63) is 0 Å². The first kappa shape index (κ1) is 18.0. The van der Waals surface area contributed by atoms with Gasteiger partial charge in [-0.1, -0.05) is 38.5 Å². The maximum Gasteiger partial charge on any atom is 0.337 e. The SMILES string of the molecule is CCCCCCCC#C[C@H]1CCO[C@H]1C(=O)OC(C)(C)C. The molecule has 0 aromatic rings. The van der Waals surface area contributed by atoms with Crippen molar-refractivity contribution in [2.24, 2.45) is 5.92 Å². The molecule has 0 N–H and O–H groups in total. The average molecular weight is 294 g/mol. The molecule has 3 nitrogen and oxygen atoms in total. The second kappa shape index (κ2) is 9.10. The number of hydrogen-bond acceptors (Lipinski definition) is 3. The maximum atomic E-state index is 12.1. The zero-order valence-corrected chi connectivity index (χ0v) is 14.0. The molecule has 1 rings (SSSR count). The van der Waals surface area contributed by atoms with Gasteiger partial charge in [0.1, 0.15) is 5.60 Å². The number of carbonyl (C=O) groups is 1. The minimum Gasteiger partial charge on any atom is -0.458 e. The van der Waals surface area contributed by atoms with Crippen molar-refractivity contribution in [1.29, 1.82) is 0 Å². The van der Waals surface area contributed by atoms with Crippen molar-refractivity contribution >= 4 is 5.97 Å². The smallest absolute Gasteiger partial charge is 0.337 e. The summed E-state index contributed by atoms with van der Waals surface area (Å²) in [4.78, 5) is 12.1. The van der Waals surface area contributed by atoms with Gasteiger partial charge < -0.3 is 9.47 Å². The van der Waals surface area contributed by atoms with Crippen LogP contribution in [0.25, 0.3) is 0 Å². The fourth-order valence-corrected chi connectivity index (χ4v) is 2.35. The van der Waals surface area contributed by atoms with Crippen molar-refractivity contribution < 1.29 is 14.3 Å². The molecule has 0 spiro atoms. The first-order valence-electron chi connectivity index (χ1n) is 8.27. The van der Waals surface area contributed by atoms with E-state index >= 15 is 0 Å². The van der Waals surface area contributed by atoms with Crippen LogP contribution in [0.5, 0.6) is 0 Å². The Hall–Kier alpha value is -1.01. The van der Waals surface area contributed by atoms with Crippen molar-refractivity contribution in [3.8, 4) is 11.8 Å². The Morgan fingerprint density at radius 3 is 2.62 bits per heavy atom. The summed E-state index contributed by atoms with van der Waals surface area (Å²) in [6, 6.07) is 0. The van der Waals surface area contributed by atoms with E-state index in [1.165, 1.54) is 25.7 Å². The van der Waals surface area contributed by atoms with Gasteiger partial charge in [0.25, 0.3) is 0 Å². The molecule has 2 atom stereocenters. The molecule has 1 saturated heterocycles. The third-order valence-corrected chi connectivity index (χ3v) is 3.42. The van der Waals surface area contributed by atoms with Crippen molar-refractivity contribution in [2.75, 3.05) is 6.61 Å². The lowest BCUT2D eigenvalue weighted by Gasteiger charge is -2.22. The first-order valence-corrected chi connectivity index (χ1v) is 8.27. The average Bonchev–Trinajstić information content (AvgIpc) is 2.84. The van der Waals surface area contributed by atoms with E-state index in [1.54, 1.807) is 0 Å². The fraction of sp³-hybridized carbons (Fsp3) is 0.833. The van der Waals surface area contributed by atoms with Crippen LogP contribution in [0.1, 0.15) is 72.6 Å². The van der Waals surface area contributed by atoms with Gasteiger partial charge in [0, 0.05) is 13.0 Å². The Labute approximate surface area is 129 Å². The molecule has 0 unspecified atom stereocenters. The van der Waals surface area contributed by atoms with E-state index in [9.17, 15) is 4.79 Å². The molecule has 0 saturated carbocycles. The number of unbranched alkanes of at least 4 members (excludes halogenated alkanes) is 5. The Balaban J connectivity index is 2.35. The number of hydrogen-bond donors (Lipinski definition) is 0. The lowest BCUT2D eigenvalue weighted by Crippen LogP contribution is -2.34. The van der Waals surface area contributed by atoms with Gasteiger partial charge in [0.05, 0.1) is 5.92 Å². The van der Waals surface area contributed by atoms with Gasteiger partial charge in [0.15, 0.2) is 6.10 Å². The quantitative estimate of drug-likeness (QED) is 0.420.